The van der Waals surface area contributed by atoms with Crippen molar-refractivity contribution in [2.75, 3.05) is 6.61 Å². The van der Waals surface area contributed by atoms with Crippen molar-refractivity contribution in [2.24, 2.45) is 0 Å². The van der Waals surface area contributed by atoms with E-state index < -0.39 is 23.0 Å². The molecule has 0 aliphatic rings. The lowest BCUT2D eigenvalue weighted by Gasteiger charge is -2.06. The Morgan fingerprint density at radius 3 is 2.25 bits per heavy atom. The maximum absolute atomic E-state index is 13.4. The van der Waals surface area contributed by atoms with Crippen molar-refractivity contribution in [2.45, 2.75) is 6.61 Å². The van der Waals surface area contributed by atoms with Crippen LogP contribution in [0.3, 0.4) is 0 Å². The van der Waals surface area contributed by atoms with Gasteiger partial charge in [0.15, 0.2) is 5.78 Å². The maximum atomic E-state index is 13.4. The zero-order valence-electron chi connectivity index (χ0n) is 10.4. The van der Waals surface area contributed by atoms with Crippen molar-refractivity contribution >= 4 is 21.7 Å². The molecule has 0 radical (unpaired) electrons. The molecule has 0 N–H and O–H groups in total. The number of rotatable bonds is 5. The highest BCUT2D eigenvalue weighted by Gasteiger charge is 2.16. The van der Waals surface area contributed by atoms with E-state index in [9.17, 15) is 13.6 Å². The molecule has 0 aromatic heterocycles. The van der Waals surface area contributed by atoms with Crippen LogP contribution >= 0.6 is 15.9 Å². The molecule has 0 saturated carbocycles. The first kappa shape index (κ1) is 14.8. The van der Waals surface area contributed by atoms with Crippen molar-refractivity contribution in [3.05, 3.63) is 69.7 Å². The first-order valence-electron chi connectivity index (χ1n) is 5.87. The summed E-state index contributed by atoms with van der Waals surface area (Å²) in [7, 11) is 0. The van der Waals surface area contributed by atoms with E-state index in [-0.39, 0.29) is 13.2 Å². The third-order valence-corrected chi connectivity index (χ3v) is 3.19. The minimum atomic E-state index is -0.873. The summed E-state index contributed by atoms with van der Waals surface area (Å²) in [6, 6.07) is 10.7. The molecule has 5 heteroatoms. The molecule has 20 heavy (non-hydrogen) atoms. The van der Waals surface area contributed by atoms with Gasteiger partial charge in [0.2, 0.25) is 0 Å². The van der Waals surface area contributed by atoms with E-state index in [4.69, 9.17) is 4.74 Å². The molecule has 0 amide bonds. The molecular formula is C15H11BrF2O2. The third-order valence-electron chi connectivity index (χ3n) is 2.66. The van der Waals surface area contributed by atoms with Gasteiger partial charge in [0.05, 0.1) is 12.2 Å². The van der Waals surface area contributed by atoms with E-state index in [2.05, 4.69) is 15.9 Å². The van der Waals surface area contributed by atoms with Crippen molar-refractivity contribution in [3.63, 3.8) is 0 Å². The van der Waals surface area contributed by atoms with E-state index in [1.807, 2.05) is 24.3 Å². The van der Waals surface area contributed by atoms with E-state index in [1.54, 1.807) is 0 Å². The van der Waals surface area contributed by atoms with Crippen molar-refractivity contribution in [3.8, 4) is 0 Å². The average Bonchev–Trinajstić information content (AvgIpc) is 2.41. The third kappa shape index (κ3) is 3.71. The predicted molar refractivity (Wildman–Crippen MR) is 74.5 cm³/mol. The minimum absolute atomic E-state index is 0.203. The summed E-state index contributed by atoms with van der Waals surface area (Å²) in [5.41, 5.74) is 0.318. The van der Waals surface area contributed by atoms with E-state index in [1.165, 1.54) is 6.07 Å². The maximum Gasteiger partial charge on any atom is 0.194 e. The van der Waals surface area contributed by atoms with Crippen molar-refractivity contribution in [1.29, 1.82) is 0 Å². The van der Waals surface area contributed by atoms with Gasteiger partial charge in [-0.15, -0.1) is 0 Å². The molecule has 0 heterocycles. The van der Waals surface area contributed by atoms with E-state index in [0.717, 1.165) is 22.2 Å². The molecule has 0 fully saturated rings. The molecule has 0 unspecified atom stereocenters. The molecule has 0 aliphatic carbocycles. The minimum Gasteiger partial charge on any atom is -0.369 e. The summed E-state index contributed by atoms with van der Waals surface area (Å²) in [6.07, 6.45) is 0. The van der Waals surface area contributed by atoms with Crippen LogP contribution in [-0.2, 0) is 11.3 Å². The monoisotopic (exact) mass is 340 g/mol. The van der Waals surface area contributed by atoms with Gasteiger partial charge in [-0.25, -0.2) is 8.78 Å². The first-order chi connectivity index (χ1) is 9.58. The Labute approximate surface area is 123 Å². The SMILES string of the molecule is O=C(COCc1ccc(Br)cc1)c1c(F)cccc1F. The lowest BCUT2D eigenvalue weighted by molar-refractivity contribution is 0.0718. The second kappa shape index (κ2) is 6.72. The molecule has 104 valence electrons. The highest BCUT2D eigenvalue weighted by Crippen LogP contribution is 2.14. The Kier molecular flexibility index (Phi) is 4.98. The number of ketones is 1. The van der Waals surface area contributed by atoms with Crippen molar-refractivity contribution < 1.29 is 18.3 Å². The number of halogens is 3. The molecule has 2 nitrogen and oxygen atoms in total. The average molecular weight is 341 g/mol. The zero-order chi connectivity index (χ0) is 14.5. The Morgan fingerprint density at radius 2 is 1.65 bits per heavy atom. The molecule has 2 aromatic rings. The smallest absolute Gasteiger partial charge is 0.194 e. The van der Waals surface area contributed by atoms with Crippen LogP contribution < -0.4 is 0 Å². The van der Waals surface area contributed by atoms with Crippen LogP contribution in [0.15, 0.2) is 46.9 Å². The van der Waals surface area contributed by atoms with Crippen molar-refractivity contribution in [1.82, 2.24) is 0 Å². The fourth-order valence-electron chi connectivity index (χ4n) is 1.68. The number of ether oxygens (including phenoxy) is 1. The molecule has 2 rings (SSSR count). The lowest BCUT2D eigenvalue weighted by atomic mass is 10.1. The Morgan fingerprint density at radius 1 is 1.05 bits per heavy atom. The second-order valence-corrected chi connectivity index (χ2v) is 5.05. The summed E-state index contributed by atoms with van der Waals surface area (Å²) in [5, 5.41) is 0. The van der Waals surface area contributed by atoms with Gasteiger partial charge in [0.25, 0.3) is 0 Å². The van der Waals surface area contributed by atoms with Gasteiger partial charge in [-0.3, -0.25) is 4.79 Å². The largest absolute Gasteiger partial charge is 0.369 e. The normalized spacial score (nSPS) is 10.6. The number of Topliss-reactive ketones (excluding diaryl/α,β-unsaturated/α-hetero) is 1. The molecule has 0 aliphatic heterocycles. The van der Waals surface area contributed by atoms with Gasteiger partial charge in [0.1, 0.15) is 18.2 Å². The zero-order valence-corrected chi connectivity index (χ0v) is 12.0. The predicted octanol–water partition coefficient (Wildman–Crippen LogP) is 4.13. The highest BCUT2D eigenvalue weighted by molar-refractivity contribution is 9.10. The number of hydrogen-bond donors (Lipinski definition) is 0. The molecule has 0 atom stereocenters. The number of carbonyl (C=O) groups is 1. The molecule has 0 saturated heterocycles. The summed E-state index contributed by atoms with van der Waals surface area (Å²) in [5.74, 6) is -2.46. The van der Waals surface area contributed by atoms with Crippen LogP contribution in [0.1, 0.15) is 15.9 Å². The number of benzene rings is 2. The second-order valence-electron chi connectivity index (χ2n) is 4.14. The molecule has 2 aromatic carbocycles. The van der Waals surface area contributed by atoms with E-state index in [0.29, 0.717) is 0 Å². The van der Waals surface area contributed by atoms with Gasteiger partial charge in [-0.1, -0.05) is 34.1 Å². The standard InChI is InChI=1S/C15H11BrF2O2/c16-11-6-4-10(5-7-11)8-20-9-14(19)15-12(17)2-1-3-13(15)18/h1-7H,8-9H2. The number of hydrogen-bond acceptors (Lipinski definition) is 2. The van der Waals surface area contributed by atoms with Gasteiger partial charge in [-0.05, 0) is 29.8 Å². The van der Waals surface area contributed by atoms with Gasteiger partial charge >= 0.3 is 0 Å². The van der Waals surface area contributed by atoms with Crippen LogP contribution in [0.25, 0.3) is 0 Å². The molecular weight excluding hydrogens is 330 g/mol. The summed E-state index contributed by atoms with van der Waals surface area (Å²) in [4.78, 5) is 11.7. The van der Waals surface area contributed by atoms with Crippen LogP contribution in [0.5, 0.6) is 0 Å². The Bertz CT molecular complexity index is 592. The lowest BCUT2D eigenvalue weighted by Crippen LogP contribution is -2.13. The summed E-state index contributed by atoms with van der Waals surface area (Å²) < 4.78 is 32.9. The topological polar surface area (TPSA) is 26.3 Å². The fourth-order valence-corrected chi connectivity index (χ4v) is 1.94. The van der Waals surface area contributed by atoms with Crippen LogP contribution in [0, 0.1) is 11.6 Å². The van der Waals surface area contributed by atoms with Crippen LogP contribution in [0.2, 0.25) is 0 Å². The molecule has 0 bridgehead atoms. The fraction of sp³-hybridized carbons (Fsp3) is 0.133. The Hall–Kier alpha value is -1.59. The number of carbonyl (C=O) groups excluding carboxylic acids is 1. The quantitative estimate of drug-likeness (QED) is 0.765. The van der Waals surface area contributed by atoms with Gasteiger partial charge < -0.3 is 4.74 Å². The summed E-state index contributed by atoms with van der Waals surface area (Å²) in [6.45, 7) is -0.164. The van der Waals surface area contributed by atoms with Gasteiger partial charge in [0, 0.05) is 4.47 Å². The molecule has 0 spiro atoms. The van der Waals surface area contributed by atoms with Gasteiger partial charge in [-0.2, -0.15) is 0 Å². The van der Waals surface area contributed by atoms with E-state index >= 15 is 0 Å². The highest BCUT2D eigenvalue weighted by atomic mass is 79.9. The van der Waals surface area contributed by atoms with Crippen LogP contribution in [0.4, 0.5) is 8.78 Å². The summed E-state index contributed by atoms with van der Waals surface area (Å²) >= 11 is 3.31. The first-order valence-corrected chi connectivity index (χ1v) is 6.66. The Balaban J connectivity index is 1.94. The van der Waals surface area contributed by atoms with Crippen LogP contribution in [-0.4, -0.2) is 12.4 Å².